The van der Waals surface area contributed by atoms with Gasteiger partial charge in [-0.25, -0.2) is 9.97 Å². The maximum atomic E-state index is 9.37. The topological polar surface area (TPSA) is 58.0 Å². The first kappa shape index (κ1) is 13.6. The van der Waals surface area contributed by atoms with Crippen LogP contribution < -0.4 is 5.32 Å². The molecule has 0 aliphatic heterocycles. The Morgan fingerprint density at radius 2 is 2.06 bits per heavy atom. The molecule has 1 aliphatic rings. The molecule has 4 nitrogen and oxygen atoms in total. The predicted octanol–water partition coefficient (Wildman–Crippen LogP) is 2.74. The number of aromatic nitrogens is 2. The highest BCUT2D eigenvalue weighted by Gasteiger charge is 2.28. The molecule has 0 amide bonds. The first-order chi connectivity index (χ1) is 8.52. The average molecular weight is 270 g/mol. The van der Waals surface area contributed by atoms with E-state index >= 15 is 0 Å². The SMILES string of the molecule is Cc1c(Cl)nc(C2CC2)nc1N[C@H](CO)C(C)C. The van der Waals surface area contributed by atoms with Crippen molar-refractivity contribution >= 4 is 17.4 Å². The van der Waals surface area contributed by atoms with Gasteiger partial charge in [0.25, 0.3) is 0 Å². The second-order valence-electron chi connectivity index (χ2n) is 5.30. The van der Waals surface area contributed by atoms with Gasteiger partial charge in [0, 0.05) is 11.5 Å². The van der Waals surface area contributed by atoms with Crippen molar-refractivity contribution in [2.24, 2.45) is 5.92 Å². The second-order valence-corrected chi connectivity index (χ2v) is 5.66. The van der Waals surface area contributed by atoms with Gasteiger partial charge in [-0.15, -0.1) is 0 Å². The Morgan fingerprint density at radius 1 is 1.39 bits per heavy atom. The number of anilines is 1. The normalized spacial score (nSPS) is 17.0. The number of nitrogens with zero attached hydrogens (tertiary/aromatic N) is 2. The number of halogens is 1. The first-order valence-electron chi connectivity index (χ1n) is 6.44. The largest absolute Gasteiger partial charge is 0.394 e. The maximum absolute atomic E-state index is 9.37. The molecule has 1 heterocycles. The van der Waals surface area contributed by atoms with Crippen molar-refractivity contribution in [1.82, 2.24) is 9.97 Å². The molecule has 0 aromatic carbocycles. The van der Waals surface area contributed by atoms with Gasteiger partial charge in [-0.2, -0.15) is 0 Å². The van der Waals surface area contributed by atoms with Gasteiger partial charge >= 0.3 is 0 Å². The number of rotatable bonds is 5. The lowest BCUT2D eigenvalue weighted by Gasteiger charge is -2.22. The number of aliphatic hydroxyl groups is 1. The summed E-state index contributed by atoms with van der Waals surface area (Å²) >= 11 is 6.14. The Hall–Kier alpha value is -0.870. The molecule has 1 fully saturated rings. The minimum Gasteiger partial charge on any atom is -0.394 e. The zero-order valence-corrected chi connectivity index (χ0v) is 11.8. The second kappa shape index (κ2) is 5.41. The Balaban J connectivity index is 2.25. The third-order valence-electron chi connectivity index (χ3n) is 3.37. The van der Waals surface area contributed by atoms with Crippen molar-refractivity contribution in [2.45, 2.75) is 45.6 Å². The van der Waals surface area contributed by atoms with Crippen LogP contribution in [0.25, 0.3) is 0 Å². The summed E-state index contributed by atoms with van der Waals surface area (Å²) < 4.78 is 0. The van der Waals surface area contributed by atoms with E-state index in [9.17, 15) is 5.11 Å². The van der Waals surface area contributed by atoms with Crippen LogP contribution in [-0.2, 0) is 0 Å². The summed E-state index contributed by atoms with van der Waals surface area (Å²) in [5.74, 6) is 2.38. The van der Waals surface area contributed by atoms with E-state index in [0.717, 1.165) is 30.0 Å². The van der Waals surface area contributed by atoms with Gasteiger partial charge in [-0.3, -0.25) is 0 Å². The zero-order valence-electron chi connectivity index (χ0n) is 11.1. The molecule has 0 radical (unpaired) electrons. The summed E-state index contributed by atoms with van der Waals surface area (Å²) in [5.41, 5.74) is 0.847. The standard InChI is InChI=1S/C13H20ClN3O/c1-7(2)10(6-18)15-12-8(3)11(14)16-13(17-12)9-4-5-9/h7,9-10,18H,4-6H2,1-3H3,(H,15,16,17)/t10-/m1/s1. The molecule has 5 heteroatoms. The van der Waals surface area contributed by atoms with Crippen LogP contribution in [0.3, 0.4) is 0 Å². The van der Waals surface area contributed by atoms with Crippen molar-refractivity contribution in [1.29, 1.82) is 0 Å². The highest BCUT2D eigenvalue weighted by Crippen LogP contribution is 2.39. The van der Waals surface area contributed by atoms with E-state index in [1.165, 1.54) is 0 Å². The smallest absolute Gasteiger partial charge is 0.137 e. The Labute approximate surface area is 113 Å². The summed E-state index contributed by atoms with van der Waals surface area (Å²) in [6.07, 6.45) is 2.29. The van der Waals surface area contributed by atoms with Gasteiger partial charge in [0.05, 0.1) is 12.6 Å². The van der Waals surface area contributed by atoms with Crippen molar-refractivity contribution in [3.63, 3.8) is 0 Å². The van der Waals surface area contributed by atoms with E-state index < -0.39 is 0 Å². The van der Waals surface area contributed by atoms with Crippen LogP contribution in [0.15, 0.2) is 0 Å². The van der Waals surface area contributed by atoms with Gasteiger partial charge in [0.2, 0.25) is 0 Å². The molecule has 18 heavy (non-hydrogen) atoms. The third kappa shape index (κ3) is 2.93. The lowest BCUT2D eigenvalue weighted by atomic mass is 10.1. The van der Waals surface area contributed by atoms with Crippen molar-refractivity contribution in [3.8, 4) is 0 Å². The van der Waals surface area contributed by atoms with Crippen molar-refractivity contribution in [3.05, 3.63) is 16.5 Å². The van der Waals surface area contributed by atoms with Crippen LogP contribution in [0.1, 0.15) is 44.0 Å². The molecule has 1 aromatic heterocycles. The maximum Gasteiger partial charge on any atom is 0.137 e. The Kier molecular flexibility index (Phi) is 4.07. The molecule has 1 saturated carbocycles. The van der Waals surface area contributed by atoms with Crippen LogP contribution in [-0.4, -0.2) is 27.7 Å². The summed E-state index contributed by atoms with van der Waals surface area (Å²) in [7, 11) is 0. The third-order valence-corrected chi connectivity index (χ3v) is 3.74. The van der Waals surface area contributed by atoms with E-state index in [0.29, 0.717) is 17.0 Å². The predicted molar refractivity (Wildman–Crippen MR) is 73.1 cm³/mol. The van der Waals surface area contributed by atoms with Crippen LogP contribution in [0.2, 0.25) is 5.15 Å². The quantitative estimate of drug-likeness (QED) is 0.807. The molecule has 0 spiro atoms. The number of aliphatic hydroxyl groups excluding tert-OH is 1. The molecular formula is C13H20ClN3O. The fourth-order valence-corrected chi connectivity index (χ4v) is 1.94. The summed E-state index contributed by atoms with van der Waals surface area (Å²) in [6.45, 7) is 6.11. The van der Waals surface area contributed by atoms with E-state index in [1.807, 2.05) is 6.92 Å². The molecule has 100 valence electrons. The molecule has 0 bridgehead atoms. The van der Waals surface area contributed by atoms with Gasteiger partial charge in [0.15, 0.2) is 0 Å². The molecule has 2 rings (SSSR count). The molecule has 0 unspecified atom stereocenters. The molecule has 1 aliphatic carbocycles. The van der Waals surface area contributed by atoms with E-state index in [4.69, 9.17) is 11.6 Å². The van der Waals surface area contributed by atoms with Crippen molar-refractivity contribution < 1.29 is 5.11 Å². The monoisotopic (exact) mass is 269 g/mol. The highest BCUT2D eigenvalue weighted by atomic mass is 35.5. The Bertz CT molecular complexity index is 432. The first-order valence-corrected chi connectivity index (χ1v) is 6.82. The fraction of sp³-hybridized carbons (Fsp3) is 0.692. The Morgan fingerprint density at radius 3 is 2.56 bits per heavy atom. The van der Waals surface area contributed by atoms with Crippen LogP contribution in [0.5, 0.6) is 0 Å². The molecule has 0 saturated heterocycles. The van der Waals surface area contributed by atoms with E-state index in [1.54, 1.807) is 0 Å². The van der Waals surface area contributed by atoms with E-state index in [-0.39, 0.29) is 12.6 Å². The molecule has 2 N–H and O–H groups in total. The van der Waals surface area contributed by atoms with Crippen molar-refractivity contribution in [2.75, 3.05) is 11.9 Å². The van der Waals surface area contributed by atoms with Gasteiger partial charge in [0.1, 0.15) is 16.8 Å². The molecular weight excluding hydrogens is 250 g/mol. The van der Waals surface area contributed by atoms with E-state index in [2.05, 4.69) is 29.1 Å². The van der Waals surface area contributed by atoms with Gasteiger partial charge in [-0.1, -0.05) is 25.4 Å². The summed E-state index contributed by atoms with van der Waals surface area (Å²) in [4.78, 5) is 8.87. The van der Waals surface area contributed by atoms with Gasteiger partial charge < -0.3 is 10.4 Å². The number of hydrogen-bond donors (Lipinski definition) is 2. The average Bonchev–Trinajstić information content (AvgIpc) is 3.14. The van der Waals surface area contributed by atoms with Gasteiger partial charge in [-0.05, 0) is 25.7 Å². The van der Waals surface area contributed by atoms with Crippen LogP contribution in [0, 0.1) is 12.8 Å². The highest BCUT2D eigenvalue weighted by molar-refractivity contribution is 6.30. The fourth-order valence-electron chi connectivity index (χ4n) is 1.77. The number of nitrogens with one attached hydrogen (secondary N) is 1. The summed E-state index contributed by atoms with van der Waals surface area (Å²) in [5, 5.41) is 13.2. The van der Waals surface area contributed by atoms with Crippen LogP contribution >= 0.6 is 11.6 Å². The molecule has 1 aromatic rings. The van der Waals surface area contributed by atoms with Crippen LogP contribution in [0.4, 0.5) is 5.82 Å². The summed E-state index contributed by atoms with van der Waals surface area (Å²) in [6, 6.07) is -0.0123. The lowest BCUT2D eigenvalue weighted by Crippen LogP contribution is -2.30. The zero-order chi connectivity index (χ0) is 13.3. The number of hydrogen-bond acceptors (Lipinski definition) is 4. The lowest BCUT2D eigenvalue weighted by molar-refractivity contribution is 0.249. The minimum atomic E-state index is -0.0123. The molecule has 1 atom stereocenters. The minimum absolute atomic E-state index is 0.0123.